The number of hydrogen-bond donors (Lipinski definition) is 1. The Hall–Kier alpha value is -1.36. The largest absolute Gasteiger partial charge is 0.481 e. The Balaban J connectivity index is 1.72. The molecule has 0 aliphatic carbocycles. The number of methoxy groups -OCH3 is 1. The van der Waals surface area contributed by atoms with Gasteiger partial charge in [0.05, 0.1) is 7.11 Å². The van der Waals surface area contributed by atoms with Gasteiger partial charge in [0.1, 0.15) is 0 Å². The molecule has 1 aromatic heterocycles. The van der Waals surface area contributed by atoms with E-state index < -0.39 is 0 Å². The van der Waals surface area contributed by atoms with Crippen molar-refractivity contribution in [3.05, 3.63) is 11.8 Å². The van der Waals surface area contributed by atoms with E-state index in [9.17, 15) is 0 Å². The molecule has 0 saturated carbocycles. The van der Waals surface area contributed by atoms with Gasteiger partial charge < -0.3 is 10.1 Å². The standard InChI is InChI=1S/C14H22N4O/c1-10-9-13(19-2)17-14(15-10)16-11-6-8-18-7-4-3-5-12(11)18/h9,11-12H,3-8H2,1-2H3,(H,15,16,17). The van der Waals surface area contributed by atoms with Gasteiger partial charge in [0.15, 0.2) is 0 Å². The molecule has 2 aliphatic rings. The van der Waals surface area contributed by atoms with Gasteiger partial charge in [0.2, 0.25) is 11.8 Å². The average Bonchev–Trinajstić information content (AvgIpc) is 2.82. The first-order valence-corrected chi connectivity index (χ1v) is 7.16. The first-order valence-electron chi connectivity index (χ1n) is 7.16. The molecule has 3 rings (SSSR count). The molecule has 0 spiro atoms. The first kappa shape index (κ1) is 12.7. The van der Waals surface area contributed by atoms with Crippen LogP contribution in [0.15, 0.2) is 6.07 Å². The molecule has 19 heavy (non-hydrogen) atoms. The Kier molecular flexibility index (Phi) is 3.55. The summed E-state index contributed by atoms with van der Waals surface area (Å²) in [5.41, 5.74) is 0.938. The summed E-state index contributed by atoms with van der Waals surface area (Å²) in [7, 11) is 1.64. The Bertz CT molecular complexity index is 451. The quantitative estimate of drug-likeness (QED) is 0.900. The number of fused-ring (bicyclic) bond motifs is 1. The van der Waals surface area contributed by atoms with E-state index in [-0.39, 0.29) is 0 Å². The highest BCUT2D eigenvalue weighted by molar-refractivity contribution is 5.32. The smallest absolute Gasteiger partial charge is 0.226 e. The van der Waals surface area contributed by atoms with Gasteiger partial charge in [-0.3, -0.25) is 4.90 Å². The summed E-state index contributed by atoms with van der Waals surface area (Å²) in [4.78, 5) is 11.5. The monoisotopic (exact) mass is 262 g/mol. The van der Waals surface area contributed by atoms with E-state index in [4.69, 9.17) is 4.74 Å². The van der Waals surface area contributed by atoms with Crippen LogP contribution in [0.2, 0.25) is 0 Å². The molecule has 5 nitrogen and oxygen atoms in total. The van der Waals surface area contributed by atoms with Crippen LogP contribution < -0.4 is 10.1 Å². The highest BCUT2D eigenvalue weighted by Crippen LogP contribution is 2.29. The van der Waals surface area contributed by atoms with Gasteiger partial charge in [0.25, 0.3) is 0 Å². The Morgan fingerprint density at radius 3 is 3.00 bits per heavy atom. The highest BCUT2D eigenvalue weighted by atomic mass is 16.5. The number of nitrogens with one attached hydrogen (secondary N) is 1. The number of nitrogens with zero attached hydrogens (tertiary/aromatic N) is 3. The Morgan fingerprint density at radius 1 is 1.26 bits per heavy atom. The van der Waals surface area contributed by atoms with Gasteiger partial charge in [-0.2, -0.15) is 4.98 Å². The minimum Gasteiger partial charge on any atom is -0.481 e. The van der Waals surface area contributed by atoms with Crippen LogP contribution in [0, 0.1) is 6.92 Å². The van der Waals surface area contributed by atoms with Crippen molar-refractivity contribution in [3.8, 4) is 5.88 Å². The maximum atomic E-state index is 5.21. The molecule has 3 heterocycles. The molecule has 2 unspecified atom stereocenters. The zero-order valence-electron chi connectivity index (χ0n) is 11.7. The third kappa shape index (κ3) is 2.66. The third-order valence-corrected chi connectivity index (χ3v) is 4.21. The fourth-order valence-corrected chi connectivity index (χ4v) is 3.29. The van der Waals surface area contributed by atoms with Crippen molar-refractivity contribution < 1.29 is 4.74 Å². The van der Waals surface area contributed by atoms with Crippen molar-refractivity contribution in [1.82, 2.24) is 14.9 Å². The van der Waals surface area contributed by atoms with Crippen molar-refractivity contribution in [3.63, 3.8) is 0 Å². The summed E-state index contributed by atoms with van der Waals surface area (Å²) in [5, 5.41) is 3.51. The fraction of sp³-hybridized carbons (Fsp3) is 0.714. The second-order valence-corrected chi connectivity index (χ2v) is 5.51. The van der Waals surface area contributed by atoms with Gasteiger partial charge in [-0.1, -0.05) is 6.42 Å². The average molecular weight is 262 g/mol. The van der Waals surface area contributed by atoms with Crippen LogP contribution >= 0.6 is 0 Å². The molecule has 2 saturated heterocycles. The topological polar surface area (TPSA) is 50.3 Å². The summed E-state index contributed by atoms with van der Waals surface area (Å²) < 4.78 is 5.21. The molecule has 104 valence electrons. The van der Waals surface area contributed by atoms with Crippen LogP contribution in [-0.2, 0) is 0 Å². The van der Waals surface area contributed by atoms with Crippen molar-refractivity contribution in [1.29, 1.82) is 0 Å². The minimum atomic E-state index is 0.479. The lowest BCUT2D eigenvalue weighted by Gasteiger charge is -2.32. The zero-order chi connectivity index (χ0) is 13.2. The second kappa shape index (κ2) is 5.33. The molecule has 0 amide bonds. The molecular formula is C14H22N4O. The van der Waals surface area contributed by atoms with E-state index in [0.717, 1.165) is 5.69 Å². The summed E-state index contributed by atoms with van der Waals surface area (Å²) >= 11 is 0. The van der Waals surface area contributed by atoms with Crippen LogP contribution in [0.25, 0.3) is 0 Å². The molecule has 2 atom stereocenters. The lowest BCUT2D eigenvalue weighted by atomic mass is 9.99. The number of aryl methyl sites for hydroxylation is 1. The predicted octanol–water partition coefficient (Wildman–Crippen LogP) is 1.83. The van der Waals surface area contributed by atoms with E-state index in [0.29, 0.717) is 23.9 Å². The van der Waals surface area contributed by atoms with E-state index in [2.05, 4.69) is 20.2 Å². The van der Waals surface area contributed by atoms with E-state index in [1.807, 2.05) is 13.0 Å². The van der Waals surface area contributed by atoms with Crippen LogP contribution in [0.4, 0.5) is 5.95 Å². The van der Waals surface area contributed by atoms with Gasteiger partial charge in [-0.25, -0.2) is 4.98 Å². The molecule has 0 aromatic carbocycles. The number of ether oxygens (including phenoxy) is 1. The molecule has 2 aliphatic heterocycles. The third-order valence-electron chi connectivity index (χ3n) is 4.21. The number of rotatable bonds is 3. The molecule has 1 N–H and O–H groups in total. The van der Waals surface area contributed by atoms with Gasteiger partial charge in [0, 0.05) is 30.4 Å². The molecule has 1 aromatic rings. The van der Waals surface area contributed by atoms with E-state index in [1.165, 1.54) is 38.8 Å². The van der Waals surface area contributed by atoms with Crippen molar-refractivity contribution in [2.45, 2.75) is 44.7 Å². The number of hydrogen-bond acceptors (Lipinski definition) is 5. The van der Waals surface area contributed by atoms with Crippen molar-refractivity contribution >= 4 is 5.95 Å². The number of piperidine rings is 1. The predicted molar refractivity (Wildman–Crippen MR) is 74.6 cm³/mol. The van der Waals surface area contributed by atoms with E-state index >= 15 is 0 Å². The Morgan fingerprint density at radius 2 is 2.16 bits per heavy atom. The van der Waals surface area contributed by atoms with Gasteiger partial charge >= 0.3 is 0 Å². The molecular weight excluding hydrogens is 240 g/mol. The summed E-state index contributed by atoms with van der Waals surface area (Å²) in [5.74, 6) is 1.34. The second-order valence-electron chi connectivity index (χ2n) is 5.51. The molecule has 0 bridgehead atoms. The van der Waals surface area contributed by atoms with Crippen LogP contribution in [0.3, 0.4) is 0 Å². The number of aromatic nitrogens is 2. The lowest BCUT2D eigenvalue weighted by Crippen LogP contribution is -2.42. The molecule has 0 radical (unpaired) electrons. The lowest BCUT2D eigenvalue weighted by molar-refractivity contribution is 0.192. The van der Waals surface area contributed by atoms with Crippen molar-refractivity contribution in [2.24, 2.45) is 0 Å². The van der Waals surface area contributed by atoms with Crippen LogP contribution in [0.5, 0.6) is 5.88 Å². The maximum absolute atomic E-state index is 5.21. The minimum absolute atomic E-state index is 0.479. The first-order chi connectivity index (χ1) is 9.26. The zero-order valence-corrected chi connectivity index (χ0v) is 11.7. The molecule has 2 fully saturated rings. The summed E-state index contributed by atoms with van der Waals surface area (Å²) in [6, 6.07) is 2.99. The van der Waals surface area contributed by atoms with E-state index in [1.54, 1.807) is 7.11 Å². The summed E-state index contributed by atoms with van der Waals surface area (Å²) in [6.07, 6.45) is 5.17. The van der Waals surface area contributed by atoms with Crippen LogP contribution in [0.1, 0.15) is 31.4 Å². The Labute approximate surface area is 114 Å². The van der Waals surface area contributed by atoms with Gasteiger partial charge in [-0.15, -0.1) is 0 Å². The van der Waals surface area contributed by atoms with Crippen molar-refractivity contribution in [2.75, 3.05) is 25.5 Å². The van der Waals surface area contributed by atoms with Crippen LogP contribution in [-0.4, -0.2) is 47.2 Å². The SMILES string of the molecule is COc1cc(C)nc(NC2CCN3CCCCC23)n1. The highest BCUT2D eigenvalue weighted by Gasteiger charge is 2.35. The fourth-order valence-electron chi connectivity index (χ4n) is 3.29. The normalized spacial score (nSPS) is 27.1. The van der Waals surface area contributed by atoms with Gasteiger partial charge in [-0.05, 0) is 32.7 Å². The maximum Gasteiger partial charge on any atom is 0.226 e. The number of anilines is 1. The molecule has 5 heteroatoms. The summed E-state index contributed by atoms with van der Waals surface area (Å²) in [6.45, 7) is 4.42.